The van der Waals surface area contributed by atoms with Crippen molar-refractivity contribution in [1.82, 2.24) is 0 Å². The third-order valence-corrected chi connectivity index (χ3v) is 3.05. The number of allylic oxidation sites excluding steroid dienone is 1. The summed E-state index contributed by atoms with van der Waals surface area (Å²) in [7, 11) is 1.61. The third-order valence-electron chi connectivity index (χ3n) is 2.80. The summed E-state index contributed by atoms with van der Waals surface area (Å²) in [6.45, 7) is 0. The topological polar surface area (TPSA) is 41.8 Å². The van der Waals surface area contributed by atoms with Gasteiger partial charge in [-0.2, -0.15) is 0 Å². The Bertz CT molecular complexity index is 616. The maximum atomic E-state index is 9.11. The van der Waals surface area contributed by atoms with E-state index in [0.29, 0.717) is 10.7 Å². The molecule has 2 aromatic carbocycles. The minimum Gasteiger partial charge on any atom is -0.497 e. The third kappa shape index (κ3) is 3.62. The highest BCUT2D eigenvalue weighted by Crippen LogP contribution is 2.14. The van der Waals surface area contributed by atoms with Crippen molar-refractivity contribution < 1.29 is 9.94 Å². The minimum absolute atomic E-state index is 0.475. The van der Waals surface area contributed by atoms with Crippen LogP contribution in [0.3, 0.4) is 0 Å². The molecule has 0 atom stereocenters. The zero-order valence-electron chi connectivity index (χ0n) is 11.0. The lowest BCUT2D eigenvalue weighted by Crippen LogP contribution is -1.96. The van der Waals surface area contributed by atoms with Gasteiger partial charge >= 0.3 is 0 Å². The molecule has 0 heterocycles. The monoisotopic (exact) mass is 287 g/mol. The number of ether oxygens (including phenoxy) is 1. The van der Waals surface area contributed by atoms with Crippen LogP contribution >= 0.6 is 11.6 Å². The molecule has 2 rings (SSSR count). The highest BCUT2D eigenvalue weighted by Gasteiger charge is 2.01. The first-order valence-corrected chi connectivity index (χ1v) is 6.41. The van der Waals surface area contributed by atoms with Gasteiger partial charge in [0.1, 0.15) is 11.5 Å². The molecule has 0 saturated carbocycles. The zero-order valence-corrected chi connectivity index (χ0v) is 11.7. The van der Waals surface area contributed by atoms with Crippen LogP contribution in [0.25, 0.3) is 6.08 Å². The SMILES string of the molecule is COc1ccc(C(/C=C/c2ccc(Cl)cc2)=N/O)cc1. The molecule has 0 saturated heterocycles. The van der Waals surface area contributed by atoms with Gasteiger partial charge in [0.15, 0.2) is 0 Å². The number of benzene rings is 2. The average molecular weight is 288 g/mol. The second-order valence-electron chi connectivity index (χ2n) is 4.10. The van der Waals surface area contributed by atoms with Gasteiger partial charge in [-0.1, -0.05) is 35.0 Å². The van der Waals surface area contributed by atoms with Crippen molar-refractivity contribution in [2.45, 2.75) is 0 Å². The summed E-state index contributed by atoms with van der Waals surface area (Å²) in [6, 6.07) is 14.7. The molecular weight excluding hydrogens is 274 g/mol. The molecular formula is C16H14ClNO2. The first-order chi connectivity index (χ1) is 9.72. The fourth-order valence-electron chi connectivity index (χ4n) is 1.70. The molecule has 0 aliphatic carbocycles. The number of hydrogen-bond acceptors (Lipinski definition) is 3. The quantitative estimate of drug-likeness (QED) is 0.519. The maximum Gasteiger partial charge on any atom is 0.118 e. The normalized spacial score (nSPS) is 11.8. The average Bonchev–Trinajstić information content (AvgIpc) is 2.50. The fourth-order valence-corrected chi connectivity index (χ4v) is 1.82. The lowest BCUT2D eigenvalue weighted by molar-refractivity contribution is 0.320. The molecule has 4 heteroatoms. The van der Waals surface area contributed by atoms with E-state index in [0.717, 1.165) is 16.9 Å². The van der Waals surface area contributed by atoms with Gasteiger partial charge in [-0.3, -0.25) is 0 Å². The van der Waals surface area contributed by atoms with Gasteiger partial charge in [-0.15, -0.1) is 0 Å². The summed E-state index contributed by atoms with van der Waals surface area (Å²) in [5, 5.41) is 13.1. The van der Waals surface area contributed by atoms with Crippen LogP contribution in [0.4, 0.5) is 0 Å². The van der Waals surface area contributed by atoms with Gasteiger partial charge < -0.3 is 9.94 Å². The van der Waals surface area contributed by atoms with Crippen molar-refractivity contribution in [2.75, 3.05) is 7.11 Å². The summed E-state index contributed by atoms with van der Waals surface area (Å²) < 4.78 is 5.09. The van der Waals surface area contributed by atoms with Crippen molar-refractivity contribution in [3.8, 4) is 5.75 Å². The Kier molecular flexibility index (Phi) is 4.80. The van der Waals surface area contributed by atoms with Gasteiger partial charge in [0, 0.05) is 10.6 Å². The molecule has 0 fully saturated rings. The predicted octanol–water partition coefficient (Wildman–Crippen LogP) is 4.24. The zero-order chi connectivity index (χ0) is 14.4. The molecule has 20 heavy (non-hydrogen) atoms. The van der Waals surface area contributed by atoms with Crippen LogP contribution in [0.5, 0.6) is 5.75 Å². The highest BCUT2D eigenvalue weighted by atomic mass is 35.5. The molecule has 1 N–H and O–H groups in total. The molecule has 0 aromatic heterocycles. The van der Waals surface area contributed by atoms with Crippen LogP contribution in [-0.2, 0) is 0 Å². The molecule has 0 amide bonds. The van der Waals surface area contributed by atoms with Gasteiger partial charge in [0.25, 0.3) is 0 Å². The minimum atomic E-state index is 0.475. The molecule has 2 aromatic rings. The highest BCUT2D eigenvalue weighted by molar-refractivity contribution is 6.30. The second-order valence-corrected chi connectivity index (χ2v) is 4.54. The first-order valence-electron chi connectivity index (χ1n) is 6.03. The summed E-state index contributed by atoms with van der Waals surface area (Å²) in [5.74, 6) is 0.757. The fraction of sp³-hybridized carbons (Fsp3) is 0.0625. The van der Waals surface area contributed by atoms with E-state index in [4.69, 9.17) is 21.5 Å². The van der Waals surface area contributed by atoms with Gasteiger partial charge in [0.2, 0.25) is 0 Å². The Morgan fingerprint density at radius 2 is 1.75 bits per heavy atom. The molecule has 0 spiro atoms. The Balaban J connectivity index is 2.18. The molecule has 0 unspecified atom stereocenters. The van der Waals surface area contributed by atoms with Crippen LogP contribution in [0, 0.1) is 0 Å². The van der Waals surface area contributed by atoms with E-state index in [1.165, 1.54) is 0 Å². The van der Waals surface area contributed by atoms with Crippen molar-refractivity contribution in [3.63, 3.8) is 0 Å². The molecule has 102 valence electrons. The number of hydrogen-bond donors (Lipinski definition) is 1. The van der Waals surface area contributed by atoms with Crippen LogP contribution in [0.15, 0.2) is 59.8 Å². The Labute approximate surface area is 122 Å². The maximum absolute atomic E-state index is 9.11. The number of halogens is 1. The largest absolute Gasteiger partial charge is 0.497 e. The number of rotatable bonds is 4. The summed E-state index contributed by atoms with van der Waals surface area (Å²) in [6.07, 6.45) is 3.60. The van der Waals surface area contributed by atoms with Crippen LogP contribution < -0.4 is 4.74 Å². The van der Waals surface area contributed by atoms with E-state index in [1.807, 2.05) is 54.6 Å². The standard InChI is InChI=1S/C16H14ClNO2/c1-20-15-9-5-13(6-10-15)16(18-19)11-4-12-2-7-14(17)8-3-12/h2-11,19H,1H3/b11-4+,18-16+. The lowest BCUT2D eigenvalue weighted by Gasteiger charge is -2.02. The molecule has 0 radical (unpaired) electrons. The second kappa shape index (κ2) is 6.78. The Hall–Kier alpha value is -2.26. The van der Waals surface area contributed by atoms with Crippen molar-refractivity contribution in [1.29, 1.82) is 0 Å². The van der Waals surface area contributed by atoms with Gasteiger partial charge in [-0.05, 0) is 48.0 Å². The number of oxime groups is 1. The van der Waals surface area contributed by atoms with Crippen molar-refractivity contribution in [3.05, 3.63) is 70.8 Å². The van der Waals surface area contributed by atoms with Crippen molar-refractivity contribution in [2.24, 2.45) is 5.16 Å². The number of nitrogens with zero attached hydrogens (tertiary/aromatic N) is 1. The van der Waals surface area contributed by atoms with Crippen molar-refractivity contribution >= 4 is 23.4 Å². The summed E-state index contributed by atoms with van der Waals surface area (Å²) >= 11 is 5.83. The van der Waals surface area contributed by atoms with E-state index in [1.54, 1.807) is 13.2 Å². The molecule has 0 aliphatic rings. The van der Waals surface area contributed by atoms with Crippen LogP contribution in [0.1, 0.15) is 11.1 Å². The van der Waals surface area contributed by atoms with E-state index in [2.05, 4.69) is 5.16 Å². The van der Waals surface area contributed by atoms with E-state index in [-0.39, 0.29) is 0 Å². The first kappa shape index (κ1) is 14.2. The van der Waals surface area contributed by atoms with E-state index >= 15 is 0 Å². The van der Waals surface area contributed by atoms with Crippen LogP contribution in [0.2, 0.25) is 5.02 Å². The smallest absolute Gasteiger partial charge is 0.118 e. The lowest BCUT2D eigenvalue weighted by atomic mass is 10.1. The molecule has 3 nitrogen and oxygen atoms in total. The van der Waals surface area contributed by atoms with Gasteiger partial charge in [-0.25, -0.2) is 0 Å². The van der Waals surface area contributed by atoms with E-state index < -0.39 is 0 Å². The Morgan fingerprint density at radius 1 is 1.10 bits per heavy atom. The molecule has 0 aliphatic heterocycles. The van der Waals surface area contributed by atoms with E-state index in [9.17, 15) is 0 Å². The number of methoxy groups -OCH3 is 1. The summed E-state index contributed by atoms with van der Waals surface area (Å²) in [5.41, 5.74) is 2.25. The predicted molar refractivity (Wildman–Crippen MR) is 81.8 cm³/mol. The molecule has 0 bridgehead atoms. The van der Waals surface area contributed by atoms with Gasteiger partial charge in [0.05, 0.1) is 7.11 Å². The summed E-state index contributed by atoms with van der Waals surface area (Å²) in [4.78, 5) is 0. The Morgan fingerprint density at radius 3 is 2.30 bits per heavy atom. The van der Waals surface area contributed by atoms with Crippen LogP contribution in [-0.4, -0.2) is 18.0 Å².